The minimum Gasteiger partial charge on any atom is -0.508 e. The second-order valence-electron chi connectivity index (χ2n) is 6.47. The average molecular weight is 325 g/mol. The van der Waals surface area contributed by atoms with Gasteiger partial charge in [-0.1, -0.05) is 31.5 Å². The average Bonchev–Trinajstić information content (AvgIpc) is 2.63. The van der Waals surface area contributed by atoms with Crippen LogP contribution in [0.3, 0.4) is 0 Å². The monoisotopic (exact) mass is 325 g/mol. The first-order valence-corrected chi connectivity index (χ1v) is 9.04. The van der Waals surface area contributed by atoms with Crippen molar-refractivity contribution in [1.29, 1.82) is 0 Å². The summed E-state index contributed by atoms with van der Waals surface area (Å²) in [4.78, 5) is 2.49. The number of nitrogens with zero attached hydrogens (tertiary/aromatic N) is 1. The Hall–Kier alpha value is -2.00. The summed E-state index contributed by atoms with van der Waals surface area (Å²) in [7, 11) is 0. The summed E-state index contributed by atoms with van der Waals surface area (Å²) in [6.45, 7) is 6.31. The minimum absolute atomic E-state index is 0.297. The van der Waals surface area contributed by atoms with Crippen molar-refractivity contribution in [2.45, 2.75) is 32.6 Å². The van der Waals surface area contributed by atoms with Crippen LogP contribution in [0.5, 0.6) is 11.5 Å². The molecule has 0 aromatic heterocycles. The zero-order valence-corrected chi connectivity index (χ0v) is 14.5. The number of phenolic OH excluding ortho intramolecular Hbond substituents is 1. The highest BCUT2D eigenvalue weighted by Gasteiger charge is 2.10. The molecule has 1 heterocycles. The van der Waals surface area contributed by atoms with Crippen molar-refractivity contribution in [3.8, 4) is 22.6 Å². The smallest absolute Gasteiger partial charge is 0.120 e. The molecule has 1 N–H and O–H groups in total. The van der Waals surface area contributed by atoms with Crippen molar-refractivity contribution >= 4 is 0 Å². The van der Waals surface area contributed by atoms with E-state index in [1.54, 1.807) is 12.1 Å². The normalized spacial score (nSPS) is 15.4. The van der Waals surface area contributed by atoms with Gasteiger partial charge in [0.15, 0.2) is 0 Å². The van der Waals surface area contributed by atoms with Crippen LogP contribution in [-0.2, 0) is 6.42 Å². The van der Waals surface area contributed by atoms with Crippen molar-refractivity contribution in [3.05, 3.63) is 48.0 Å². The Balaban J connectivity index is 1.68. The van der Waals surface area contributed by atoms with E-state index in [0.29, 0.717) is 5.75 Å². The molecule has 0 amide bonds. The van der Waals surface area contributed by atoms with Crippen molar-refractivity contribution in [2.75, 3.05) is 26.2 Å². The first-order chi connectivity index (χ1) is 11.8. The third-order valence-corrected chi connectivity index (χ3v) is 4.77. The Labute approximate surface area is 144 Å². The fourth-order valence-corrected chi connectivity index (χ4v) is 3.34. The van der Waals surface area contributed by atoms with E-state index in [0.717, 1.165) is 30.9 Å². The molecule has 0 radical (unpaired) electrons. The van der Waals surface area contributed by atoms with E-state index in [1.807, 2.05) is 12.1 Å². The summed E-state index contributed by atoms with van der Waals surface area (Å²) in [5.74, 6) is 1.22. The van der Waals surface area contributed by atoms with E-state index in [4.69, 9.17) is 4.74 Å². The predicted octanol–water partition coefficient (Wildman–Crippen LogP) is 4.49. The molecule has 0 bridgehead atoms. The second-order valence-corrected chi connectivity index (χ2v) is 6.47. The van der Waals surface area contributed by atoms with Gasteiger partial charge in [0.2, 0.25) is 0 Å². The van der Waals surface area contributed by atoms with Crippen LogP contribution >= 0.6 is 0 Å². The van der Waals surface area contributed by atoms with E-state index < -0.39 is 0 Å². The third-order valence-electron chi connectivity index (χ3n) is 4.77. The van der Waals surface area contributed by atoms with E-state index in [9.17, 15) is 5.11 Å². The number of rotatable bonds is 6. The predicted molar refractivity (Wildman–Crippen MR) is 98.7 cm³/mol. The maximum absolute atomic E-state index is 9.50. The van der Waals surface area contributed by atoms with Crippen LogP contribution in [0.25, 0.3) is 11.1 Å². The summed E-state index contributed by atoms with van der Waals surface area (Å²) >= 11 is 0. The van der Waals surface area contributed by atoms with Crippen LogP contribution in [0.4, 0.5) is 0 Å². The van der Waals surface area contributed by atoms with Crippen LogP contribution in [0, 0.1) is 0 Å². The standard InChI is InChI=1S/C21H27NO2/c1-2-17-8-11-20(24-15-14-22-12-4-3-5-13-22)16-21(17)18-6-9-19(23)10-7-18/h6-11,16,23H,2-5,12-15H2,1H3. The number of aryl methyl sites for hydroxylation is 1. The van der Waals surface area contributed by atoms with Gasteiger partial charge in [-0.05, 0) is 73.3 Å². The van der Waals surface area contributed by atoms with Crippen LogP contribution in [-0.4, -0.2) is 36.2 Å². The van der Waals surface area contributed by atoms with Gasteiger partial charge in [0, 0.05) is 6.54 Å². The van der Waals surface area contributed by atoms with Crippen molar-refractivity contribution in [1.82, 2.24) is 4.90 Å². The fourth-order valence-electron chi connectivity index (χ4n) is 3.34. The van der Waals surface area contributed by atoms with Gasteiger partial charge in [0.1, 0.15) is 18.1 Å². The molecule has 0 aliphatic carbocycles. The molecule has 24 heavy (non-hydrogen) atoms. The van der Waals surface area contributed by atoms with E-state index in [1.165, 1.54) is 43.5 Å². The number of phenols is 1. The molecule has 0 spiro atoms. The maximum Gasteiger partial charge on any atom is 0.120 e. The van der Waals surface area contributed by atoms with Crippen LogP contribution in [0.15, 0.2) is 42.5 Å². The molecular weight excluding hydrogens is 298 g/mol. The molecular formula is C21H27NO2. The molecule has 3 rings (SSSR count). The van der Waals surface area contributed by atoms with Crippen LogP contribution < -0.4 is 4.74 Å². The van der Waals surface area contributed by atoms with E-state index >= 15 is 0 Å². The third kappa shape index (κ3) is 4.30. The van der Waals surface area contributed by atoms with E-state index in [2.05, 4.69) is 30.0 Å². The number of piperidine rings is 1. The van der Waals surface area contributed by atoms with Gasteiger partial charge in [0.05, 0.1) is 0 Å². The SMILES string of the molecule is CCc1ccc(OCCN2CCCCC2)cc1-c1ccc(O)cc1. The topological polar surface area (TPSA) is 32.7 Å². The Kier molecular flexibility index (Phi) is 5.76. The summed E-state index contributed by atoms with van der Waals surface area (Å²) in [5.41, 5.74) is 3.60. The lowest BCUT2D eigenvalue weighted by molar-refractivity contribution is 0.183. The number of benzene rings is 2. The van der Waals surface area contributed by atoms with Gasteiger partial charge in [-0.2, -0.15) is 0 Å². The van der Waals surface area contributed by atoms with Crippen LogP contribution in [0.2, 0.25) is 0 Å². The molecule has 1 saturated heterocycles. The number of aromatic hydroxyl groups is 1. The highest BCUT2D eigenvalue weighted by atomic mass is 16.5. The first kappa shape index (κ1) is 16.8. The molecule has 0 saturated carbocycles. The van der Waals surface area contributed by atoms with E-state index in [-0.39, 0.29) is 0 Å². The Morgan fingerprint density at radius 2 is 1.75 bits per heavy atom. The molecule has 3 heteroatoms. The van der Waals surface area contributed by atoms with Gasteiger partial charge in [-0.25, -0.2) is 0 Å². The van der Waals surface area contributed by atoms with Gasteiger partial charge in [-0.3, -0.25) is 4.90 Å². The lowest BCUT2D eigenvalue weighted by atomic mass is 9.98. The highest BCUT2D eigenvalue weighted by molar-refractivity contribution is 5.69. The Bertz CT molecular complexity index is 645. The summed E-state index contributed by atoms with van der Waals surface area (Å²) in [6, 6.07) is 13.7. The second kappa shape index (κ2) is 8.20. The van der Waals surface area contributed by atoms with Gasteiger partial charge >= 0.3 is 0 Å². The van der Waals surface area contributed by atoms with Gasteiger partial charge in [0.25, 0.3) is 0 Å². The highest BCUT2D eigenvalue weighted by Crippen LogP contribution is 2.29. The molecule has 1 aliphatic rings. The molecule has 0 atom stereocenters. The first-order valence-electron chi connectivity index (χ1n) is 9.04. The zero-order valence-electron chi connectivity index (χ0n) is 14.5. The largest absolute Gasteiger partial charge is 0.508 e. The molecule has 2 aromatic rings. The fraction of sp³-hybridized carbons (Fsp3) is 0.429. The van der Waals surface area contributed by atoms with Crippen molar-refractivity contribution in [3.63, 3.8) is 0 Å². The Morgan fingerprint density at radius 3 is 2.46 bits per heavy atom. The maximum atomic E-state index is 9.50. The molecule has 3 nitrogen and oxygen atoms in total. The quantitative estimate of drug-likeness (QED) is 0.849. The minimum atomic E-state index is 0.297. The molecule has 2 aromatic carbocycles. The Morgan fingerprint density at radius 1 is 1.00 bits per heavy atom. The lowest BCUT2D eigenvalue weighted by Crippen LogP contribution is -2.33. The van der Waals surface area contributed by atoms with Crippen molar-refractivity contribution in [2.24, 2.45) is 0 Å². The summed E-state index contributed by atoms with van der Waals surface area (Å²) in [5, 5.41) is 9.50. The zero-order chi connectivity index (χ0) is 16.8. The summed E-state index contributed by atoms with van der Waals surface area (Å²) < 4.78 is 6.00. The van der Waals surface area contributed by atoms with Crippen LogP contribution in [0.1, 0.15) is 31.7 Å². The van der Waals surface area contributed by atoms with Crippen molar-refractivity contribution < 1.29 is 9.84 Å². The molecule has 1 fully saturated rings. The lowest BCUT2D eigenvalue weighted by Gasteiger charge is -2.26. The molecule has 0 unspecified atom stereocenters. The van der Waals surface area contributed by atoms with Gasteiger partial charge < -0.3 is 9.84 Å². The van der Waals surface area contributed by atoms with Gasteiger partial charge in [-0.15, -0.1) is 0 Å². The number of likely N-dealkylation sites (tertiary alicyclic amines) is 1. The molecule has 1 aliphatic heterocycles. The number of ether oxygens (including phenoxy) is 1. The summed E-state index contributed by atoms with van der Waals surface area (Å²) in [6.07, 6.45) is 4.97. The number of hydrogen-bond donors (Lipinski definition) is 1. The molecule has 128 valence electrons. The number of hydrogen-bond acceptors (Lipinski definition) is 3.